The molecule has 1 saturated carbocycles. The van der Waals surface area contributed by atoms with Crippen molar-refractivity contribution in [2.45, 2.75) is 51.6 Å². The molecule has 0 aliphatic heterocycles. The summed E-state index contributed by atoms with van der Waals surface area (Å²) in [4.78, 5) is 6.97. The average molecular weight is 224 g/mol. The lowest BCUT2D eigenvalue weighted by Gasteiger charge is -2.32. The van der Waals surface area contributed by atoms with Crippen LogP contribution in [0, 0.1) is 0 Å². The van der Waals surface area contributed by atoms with E-state index in [2.05, 4.69) is 22.2 Å². The van der Waals surface area contributed by atoms with Crippen molar-refractivity contribution in [3.05, 3.63) is 16.6 Å². The van der Waals surface area contributed by atoms with E-state index in [0.717, 1.165) is 19.1 Å². The number of hydrogen-bond donors (Lipinski definition) is 0. The predicted octanol–water partition coefficient (Wildman–Crippen LogP) is 3.30. The van der Waals surface area contributed by atoms with Crippen LogP contribution in [-0.2, 0) is 6.54 Å². The minimum atomic E-state index is 0.811. The van der Waals surface area contributed by atoms with Crippen molar-refractivity contribution in [1.82, 2.24) is 9.88 Å². The molecule has 1 aromatic heterocycles. The number of aromatic nitrogens is 1. The standard InChI is InChI=1S/C12H20N2S/c1-2-14(8-11-9-15-10-13-11)12-6-4-3-5-7-12/h9-10,12H,2-8H2,1H3. The molecule has 1 fully saturated rings. The minimum Gasteiger partial charge on any atom is -0.295 e. The maximum absolute atomic E-state index is 4.38. The molecule has 0 saturated heterocycles. The van der Waals surface area contributed by atoms with Crippen LogP contribution in [0.25, 0.3) is 0 Å². The highest BCUT2D eigenvalue weighted by Gasteiger charge is 2.20. The minimum absolute atomic E-state index is 0.811. The first-order valence-corrected chi connectivity index (χ1v) is 6.95. The Morgan fingerprint density at radius 1 is 1.40 bits per heavy atom. The highest BCUT2D eigenvalue weighted by atomic mass is 32.1. The van der Waals surface area contributed by atoms with E-state index in [1.165, 1.54) is 37.8 Å². The van der Waals surface area contributed by atoms with Crippen LogP contribution < -0.4 is 0 Å². The molecule has 0 unspecified atom stereocenters. The smallest absolute Gasteiger partial charge is 0.0795 e. The molecule has 15 heavy (non-hydrogen) atoms. The summed E-state index contributed by atoms with van der Waals surface area (Å²) in [6.45, 7) is 4.47. The van der Waals surface area contributed by atoms with E-state index in [0.29, 0.717) is 0 Å². The summed E-state index contributed by atoms with van der Waals surface area (Å²) in [5.74, 6) is 0. The SMILES string of the molecule is CCN(Cc1cscn1)C1CCCCC1. The van der Waals surface area contributed by atoms with Crippen molar-refractivity contribution in [3.63, 3.8) is 0 Å². The maximum Gasteiger partial charge on any atom is 0.0795 e. The zero-order valence-corrected chi connectivity index (χ0v) is 10.3. The molecule has 2 rings (SSSR count). The quantitative estimate of drug-likeness (QED) is 0.780. The molecule has 0 amide bonds. The number of hydrogen-bond acceptors (Lipinski definition) is 3. The summed E-state index contributed by atoms with van der Waals surface area (Å²) in [7, 11) is 0. The van der Waals surface area contributed by atoms with Crippen molar-refractivity contribution in [3.8, 4) is 0 Å². The normalized spacial score (nSPS) is 18.5. The first-order valence-electron chi connectivity index (χ1n) is 6.01. The van der Waals surface area contributed by atoms with Gasteiger partial charge in [0.25, 0.3) is 0 Å². The summed E-state index contributed by atoms with van der Waals surface area (Å²) < 4.78 is 0. The van der Waals surface area contributed by atoms with Crippen LogP contribution in [0.1, 0.15) is 44.7 Å². The van der Waals surface area contributed by atoms with Gasteiger partial charge < -0.3 is 0 Å². The molecule has 1 heterocycles. The van der Waals surface area contributed by atoms with Crippen LogP contribution >= 0.6 is 11.3 Å². The van der Waals surface area contributed by atoms with Crippen LogP contribution in [-0.4, -0.2) is 22.5 Å². The first kappa shape index (κ1) is 11.1. The number of nitrogens with zero attached hydrogens (tertiary/aromatic N) is 2. The summed E-state index contributed by atoms with van der Waals surface area (Å²) >= 11 is 1.70. The Balaban J connectivity index is 1.91. The van der Waals surface area contributed by atoms with Gasteiger partial charge in [-0.2, -0.15) is 0 Å². The third-order valence-corrected chi connectivity index (χ3v) is 3.98. The van der Waals surface area contributed by atoms with Crippen LogP contribution in [0.5, 0.6) is 0 Å². The fraction of sp³-hybridized carbons (Fsp3) is 0.750. The average Bonchev–Trinajstić information content (AvgIpc) is 2.80. The van der Waals surface area contributed by atoms with E-state index in [9.17, 15) is 0 Å². The Bertz CT molecular complexity index is 265. The van der Waals surface area contributed by atoms with E-state index in [1.54, 1.807) is 11.3 Å². The number of thiazole rings is 1. The summed E-state index contributed by atoms with van der Waals surface area (Å²) in [6.07, 6.45) is 7.04. The van der Waals surface area contributed by atoms with E-state index < -0.39 is 0 Å². The molecular formula is C12H20N2S. The van der Waals surface area contributed by atoms with Gasteiger partial charge in [0.05, 0.1) is 11.2 Å². The van der Waals surface area contributed by atoms with E-state index in [1.807, 2.05) is 5.51 Å². The van der Waals surface area contributed by atoms with Gasteiger partial charge in [-0.05, 0) is 19.4 Å². The van der Waals surface area contributed by atoms with Gasteiger partial charge in [0.2, 0.25) is 0 Å². The number of rotatable bonds is 4. The van der Waals surface area contributed by atoms with Gasteiger partial charge in [0.15, 0.2) is 0 Å². The van der Waals surface area contributed by atoms with E-state index in [4.69, 9.17) is 0 Å². The van der Waals surface area contributed by atoms with Crippen molar-refractivity contribution in [2.75, 3.05) is 6.54 Å². The second-order valence-electron chi connectivity index (χ2n) is 4.33. The Hall–Kier alpha value is -0.410. The van der Waals surface area contributed by atoms with Gasteiger partial charge in [0, 0.05) is 18.0 Å². The third kappa shape index (κ3) is 3.02. The molecule has 0 N–H and O–H groups in total. The topological polar surface area (TPSA) is 16.1 Å². The summed E-state index contributed by atoms with van der Waals surface area (Å²) in [5.41, 5.74) is 3.18. The molecule has 0 atom stereocenters. The molecule has 0 bridgehead atoms. The Morgan fingerprint density at radius 3 is 2.80 bits per heavy atom. The van der Waals surface area contributed by atoms with Crippen molar-refractivity contribution >= 4 is 11.3 Å². The molecule has 2 nitrogen and oxygen atoms in total. The molecule has 0 aromatic carbocycles. The van der Waals surface area contributed by atoms with Crippen molar-refractivity contribution < 1.29 is 0 Å². The maximum atomic E-state index is 4.38. The highest BCUT2D eigenvalue weighted by Crippen LogP contribution is 2.23. The monoisotopic (exact) mass is 224 g/mol. The fourth-order valence-electron chi connectivity index (χ4n) is 2.47. The Labute approximate surface area is 96.3 Å². The van der Waals surface area contributed by atoms with Gasteiger partial charge >= 0.3 is 0 Å². The molecule has 1 aromatic rings. The molecule has 84 valence electrons. The van der Waals surface area contributed by atoms with Crippen LogP contribution in [0.15, 0.2) is 10.9 Å². The van der Waals surface area contributed by atoms with Gasteiger partial charge in [0.1, 0.15) is 0 Å². The van der Waals surface area contributed by atoms with Crippen molar-refractivity contribution in [1.29, 1.82) is 0 Å². The Kier molecular flexibility index (Phi) is 4.15. The van der Waals surface area contributed by atoms with Crippen LogP contribution in [0.4, 0.5) is 0 Å². The zero-order chi connectivity index (χ0) is 10.5. The zero-order valence-electron chi connectivity index (χ0n) is 9.48. The van der Waals surface area contributed by atoms with Crippen LogP contribution in [0.2, 0.25) is 0 Å². The molecule has 3 heteroatoms. The molecule has 0 spiro atoms. The third-order valence-electron chi connectivity index (χ3n) is 3.35. The molecule has 1 aliphatic rings. The van der Waals surface area contributed by atoms with Crippen molar-refractivity contribution in [2.24, 2.45) is 0 Å². The largest absolute Gasteiger partial charge is 0.295 e. The van der Waals surface area contributed by atoms with Gasteiger partial charge in [-0.15, -0.1) is 11.3 Å². The lowest BCUT2D eigenvalue weighted by Crippen LogP contribution is -2.36. The first-order chi connectivity index (χ1) is 7.40. The van der Waals surface area contributed by atoms with E-state index in [-0.39, 0.29) is 0 Å². The lowest BCUT2D eigenvalue weighted by molar-refractivity contribution is 0.154. The molecular weight excluding hydrogens is 204 g/mol. The summed E-state index contributed by atoms with van der Waals surface area (Å²) in [5, 5.41) is 2.17. The van der Waals surface area contributed by atoms with Gasteiger partial charge in [-0.3, -0.25) is 4.90 Å². The predicted molar refractivity (Wildman–Crippen MR) is 65.1 cm³/mol. The van der Waals surface area contributed by atoms with Gasteiger partial charge in [-0.1, -0.05) is 26.2 Å². The second-order valence-corrected chi connectivity index (χ2v) is 5.05. The lowest BCUT2D eigenvalue weighted by atomic mass is 9.94. The highest BCUT2D eigenvalue weighted by molar-refractivity contribution is 7.07. The van der Waals surface area contributed by atoms with Crippen LogP contribution in [0.3, 0.4) is 0 Å². The molecule has 0 radical (unpaired) electrons. The fourth-order valence-corrected chi connectivity index (χ4v) is 3.02. The van der Waals surface area contributed by atoms with Gasteiger partial charge in [-0.25, -0.2) is 4.98 Å². The summed E-state index contributed by atoms with van der Waals surface area (Å²) in [6, 6.07) is 0.811. The Morgan fingerprint density at radius 2 is 2.20 bits per heavy atom. The second kappa shape index (κ2) is 5.61. The van der Waals surface area contributed by atoms with E-state index >= 15 is 0 Å². The molecule has 1 aliphatic carbocycles.